The van der Waals surface area contributed by atoms with Crippen molar-refractivity contribution in [3.05, 3.63) is 41.2 Å². The number of alkyl halides is 1. The van der Waals surface area contributed by atoms with Crippen LogP contribution in [-0.2, 0) is 14.3 Å². The monoisotopic (exact) mass is 514 g/mol. The second-order valence-corrected chi connectivity index (χ2v) is 8.35. The smallest absolute Gasteiger partial charge is 0.243 e. The number of hydrogen-bond donors (Lipinski definition) is 2. The summed E-state index contributed by atoms with van der Waals surface area (Å²) in [5.41, 5.74) is 0.621. The molecule has 1 aliphatic carbocycles. The molecule has 0 spiro atoms. The fourth-order valence-electron chi connectivity index (χ4n) is 3.33. The third kappa shape index (κ3) is 7.10. The van der Waals surface area contributed by atoms with E-state index in [1.165, 1.54) is 24.5 Å². The highest BCUT2D eigenvalue weighted by Gasteiger charge is 2.44. The summed E-state index contributed by atoms with van der Waals surface area (Å²) in [6.07, 6.45) is 6.18. The Morgan fingerprint density at radius 1 is 1.48 bits per heavy atom. The number of nitrogens with one attached hydrogen (secondary N) is 2. The summed E-state index contributed by atoms with van der Waals surface area (Å²) >= 11 is 9.05. The van der Waals surface area contributed by atoms with Gasteiger partial charge in [0.1, 0.15) is 18.0 Å². The molecule has 1 aliphatic heterocycles. The zero-order chi connectivity index (χ0) is 22.2. The van der Waals surface area contributed by atoms with Gasteiger partial charge in [0.05, 0.1) is 35.9 Å². The molecular formula is C21H25BrClFN4O3. The molecule has 2 N–H and O–H groups in total. The minimum atomic E-state index is -0.480. The van der Waals surface area contributed by atoms with Gasteiger partial charge in [-0.05, 0) is 44.0 Å². The lowest BCUT2D eigenvalue weighted by Gasteiger charge is -2.42. The first kappa shape index (κ1) is 23.8. The molecular weight excluding hydrogens is 491 g/mol. The largest absolute Gasteiger partial charge is 0.379 e. The Hall–Kier alpha value is -1.81. The van der Waals surface area contributed by atoms with Crippen molar-refractivity contribution in [3.8, 4) is 0 Å². The zero-order valence-corrected chi connectivity index (χ0v) is 19.4. The van der Waals surface area contributed by atoms with Crippen LogP contribution in [0.15, 0.2) is 40.3 Å². The molecule has 7 nitrogen and oxygen atoms in total. The van der Waals surface area contributed by atoms with Crippen LogP contribution in [0.2, 0.25) is 5.02 Å². The highest BCUT2D eigenvalue weighted by atomic mass is 79.9. The van der Waals surface area contributed by atoms with E-state index in [0.29, 0.717) is 36.5 Å². The summed E-state index contributed by atoms with van der Waals surface area (Å²) in [6.45, 7) is 3.04. The Kier molecular flexibility index (Phi) is 9.01. The van der Waals surface area contributed by atoms with Crippen molar-refractivity contribution in [3.63, 3.8) is 0 Å². The van der Waals surface area contributed by atoms with Crippen molar-refractivity contribution < 1.29 is 18.7 Å². The number of ether oxygens (including phenoxy) is 2. The highest BCUT2D eigenvalue weighted by Crippen LogP contribution is 2.30. The summed E-state index contributed by atoms with van der Waals surface area (Å²) in [5, 5.41) is 6.64. The van der Waals surface area contributed by atoms with Crippen molar-refractivity contribution in [2.24, 2.45) is 9.98 Å². The molecule has 2 aliphatic rings. The molecule has 0 aromatic heterocycles. The summed E-state index contributed by atoms with van der Waals surface area (Å²) in [5.74, 6) is -0.0822. The number of rotatable bonds is 8. The normalized spacial score (nSPS) is 26.4. The Bertz CT molecular complexity index is 861. The maximum atomic E-state index is 13.3. The van der Waals surface area contributed by atoms with E-state index in [1.807, 2.05) is 0 Å². The molecule has 1 saturated carbocycles. The van der Waals surface area contributed by atoms with E-state index < -0.39 is 5.82 Å². The lowest BCUT2D eigenvalue weighted by Crippen LogP contribution is -2.60. The number of nitrogens with zero attached hydrogens (tertiary/aromatic N) is 2. The number of amides is 1. The van der Waals surface area contributed by atoms with E-state index in [2.05, 4.69) is 36.5 Å². The Labute approximate surface area is 194 Å². The van der Waals surface area contributed by atoms with Crippen LogP contribution in [0.1, 0.15) is 19.8 Å². The van der Waals surface area contributed by atoms with Crippen molar-refractivity contribution in [1.29, 1.82) is 0 Å². The van der Waals surface area contributed by atoms with Crippen LogP contribution < -0.4 is 10.6 Å². The van der Waals surface area contributed by atoms with Crippen molar-refractivity contribution in [2.75, 3.05) is 23.9 Å². The summed E-state index contributed by atoms with van der Waals surface area (Å²) in [7, 11) is 0. The Balaban J connectivity index is 1.61. The molecule has 31 heavy (non-hydrogen) atoms. The molecule has 0 bridgehead atoms. The van der Waals surface area contributed by atoms with Crippen molar-refractivity contribution in [1.82, 2.24) is 5.32 Å². The number of allylic oxidation sites excluding steroid dienone is 1. The lowest BCUT2D eigenvalue weighted by molar-refractivity contribution is -0.121. The molecule has 3 rings (SSSR count). The fourth-order valence-corrected chi connectivity index (χ4v) is 3.70. The molecule has 1 amide bonds. The number of halogens is 3. The van der Waals surface area contributed by atoms with E-state index in [4.69, 9.17) is 21.1 Å². The standard InChI is InChI=1S/C21H25BrClFN4O3/c1-13(27-14-4-5-17(24)16(23)9-14)25-12-26-21-18(28-20(29)3-2-7-22)10-19(21)31-15-6-8-30-11-15/h2-5,9,12,15,18-19,21H,6-8,10-11H2,1H3,(H,28,29)(H,25,26,27)/b3-2+/t15-,18+,19?,21?/m0/s1. The van der Waals surface area contributed by atoms with Gasteiger partial charge in [0.15, 0.2) is 0 Å². The third-order valence-corrected chi connectivity index (χ3v) is 5.62. The van der Waals surface area contributed by atoms with Crippen LogP contribution in [0, 0.1) is 5.82 Å². The molecule has 168 valence electrons. The molecule has 1 aromatic carbocycles. The lowest BCUT2D eigenvalue weighted by atomic mass is 9.83. The SMILES string of the molecule is C/C(=N\C=NC1C(O[C@H]2CCOC2)C[C@H]1NC(=O)/C=C/CBr)Nc1ccc(F)c(Cl)c1. The molecule has 0 radical (unpaired) electrons. The van der Waals surface area contributed by atoms with Gasteiger partial charge in [0.25, 0.3) is 0 Å². The summed E-state index contributed by atoms with van der Waals surface area (Å²) < 4.78 is 24.8. The van der Waals surface area contributed by atoms with Crippen LogP contribution in [0.25, 0.3) is 0 Å². The Morgan fingerprint density at radius 2 is 2.32 bits per heavy atom. The summed E-state index contributed by atoms with van der Waals surface area (Å²) in [6, 6.07) is 3.97. The minimum absolute atomic E-state index is 0.0318. The highest BCUT2D eigenvalue weighted by molar-refractivity contribution is 9.09. The predicted octanol–water partition coefficient (Wildman–Crippen LogP) is 3.72. The number of carbonyl (C=O) groups excluding carboxylic acids is 1. The number of amidine groups is 1. The van der Waals surface area contributed by atoms with E-state index in [1.54, 1.807) is 19.1 Å². The molecule has 10 heteroatoms. The number of carbonyl (C=O) groups is 1. The van der Waals surface area contributed by atoms with E-state index in [0.717, 1.165) is 6.42 Å². The van der Waals surface area contributed by atoms with Gasteiger partial charge >= 0.3 is 0 Å². The third-order valence-electron chi connectivity index (χ3n) is 4.96. The molecule has 2 unspecified atom stereocenters. The van der Waals surface area contributed by atoms with Gasteiger partial charge in [-0.3, -0.25) is 9.79 Å². The quantitative estimate of drug-likeness (QED) is 0.239. The minimum Gasteiger partial charge on any atom is -0.379 e. The average Bonchev–Trinajstić information content (AvgIpc) is 3.24. The maximum absolute atomic E-state index is 13.3. The van der Waals surface area contributed by atoms with Crippen LogP contribution >= 0.6 is 27.5 Å². The number of benzene rings is 1. The van der Waals surface area contributed by atoms with Gasteiger partial charge in [0.2, 0.25) is 5.91 Å². The maximum Gasteiger partial charge on any atom is 0.243 e. The van der Waals surface area contributed by atoms with Gasteiger partial charge in [-0.15, -0.1) is 0 Å². The van der Waals surface area contributed by atoms with Gasteiger partial charge in [0, 0.05) is 17.6 Å². The van der Waals surface area contributed by atoms with E-state index in [9.17, 15) is 9.18 Å². The molecule has 1 saturated heterocycles. The predicted molar refractivity (Wildman–Crippen MR) is 124 cm³/mol. The topological polar surface area (TPSA) is 84.3 Å². The van der Waals surface area contributed by atoms with Crippen molar-refractivity contribution >= 4 is 51.3 Å². The van der Waals surface area contributed by atoms with Crippen LogP contribution in [0.5, 0.6) is 0 Å². The summed E-state index contributed by atoms with van der Waals surface area (Å²) in [4.78, 5) is 20.8. The first-order chi connectivity index (χ1) is 15.0. The van der Waals surface area contributed by atoms with Crippen LogP contribution in [0.4, 0.5) is 10.1 Å². The molecule has 1 heterocycles. The fraction of sp³-hybridized carbons (Fsp3) is 0.476. The van der Waals surface area contributed by atoms with Crippen LogP contribution in [-0.4, -0.2) is 60.9 Å². The van der Waals surface area contributed by atoms with Gasteiger partial charge < -0.3 is 20.1 Å². The molecule has 1 aromatic rings. The molecule has 2 fully saturated rings. The van der Waals surface area contributed by atoms with Crippen LogP contribution in [0.3, 0.4) is 0 Å². The van der Waals surface area contributed by atoms with E-state index in [-0.39, 0.29) is 35.2 Å². The number of anilines is 1. The zero-order valence-electron chi connectivity index (χ0n) is 17.1. The Morgan fingerprint density at radius 3 is 3.03 bits per heavy atom. The number of hydrogen-bond acceptors (Lipinski definition) is 4. The number of aliphatic imine (C=N–C) groups is 2. The van der Waals surface area contributed by atoms with Crippen molar-refractivity contribution in [2.45, 2.75) is 44.1 Å². The second-order valence-electron chi connectivity index (χ2n) is 7.29. The van der Waals surface area contributed by atoms with E-state index >= 15 is 0 Å². The average molecular weight is 516 g/mol. The first-order valence-corrected chi connectivity index (χ1v) is 11.5. The molecule has 4 atom stereocenters. The van der Waals surface area contributed by atoms with Gasteiger partial charge in [-0.25, -0.2) is 9.38 Å². The first-order valence-electron chi connectivity index (χ1n) is 10.0. The van der Waals surface area contributed by atoms with Gasteiger partial charge in [-0.1, -0.05) is 33.6 Å². The van der Waals surface area contributed by atoms with Gasteiger partial charge in [-0.2, -0.15) is 0 Å². The second kappa shape index (κ2) is 11.7.